The SMILES string of the molecule is NC1CCC(CNc2ncc(Cl)cc2Cl)C1. The standard InChI is InChI=1S/C11H15Cl2N3/c12-8-4-10(13)11(16-6-8)15-5-7-1-2-9(14)3-7/h4,6-7,9H,1-3,5,14H2,(H,15,16). The Morgan fingerprint density at radius 2 is 2.25 bits per heavy atom. The first kappa shape index (κ1) is 12.0. The summed E-state index contributed by atoms with van der Waals surface area (Å²) in [6, 6.07) is 2.05. The first-order chi connectivity index (χ1) is 7.65. The predicted molar refractivity (Wildman–Crippen MR) is 68.1 cm³/mol. The number of nitrogens with two attached hydrogens (primary N) is 1. The molecule has 3 nitrogen and oxygen atoms in total. The fourth-order valence-corrected chi connectivity index (χ4v) is 2.53. The van der Waals surface area contributed by atoms with Gasteiger partial charge < -0.3 is 11.1 Å². The zero-order chi connectivity index (χ0) is 11.5. The van der Waals surface area contributed by atoms with Crippen LogP contribution < -0.4 is 11.1 Å². The van der Waals surface area contributed by atoms with Gasteiger partial charge in [0.2, 0.25) is 0 Å². The molecule has 0 amide bonds. The van der Waals surface area contributed by atoms with Crippen LogP contribution in [0.25, 0.3) is 0 Å². The highest BCUT2D eigenvalue weighted by molar-refractivity contribution is 6.35. The van der Waals surface area contributed by atoms with Crippen molar-refractivity contribution in [3.63, 3.8) is 0 Å². The van der Waals surface area contributed by atoms with Crippen LogP contribution in [0.3, 0.4) is 0 Å². The summed E-state index contributed by atoms with van der Waals surface area (Å²) in [5.74, 6) is 1.33. The number of hydrogen-bond acceptors (Lipinski definition) is 3. The van der Waals surface area contributed by atoms with E-state index in [1.165, 1.54) is 6.42 Å². The Morgan fingerprint density at radius 1 is 1.44 bits per heavy atom. The molecule has 1 saturated carbocycles. The van der Waals surface area contributed by atoms with Crippen LogP contribution in [0.4, 0.5) is 5.82 Å². The molecule has 2 unspecified atom stereocenters. The highest BCUT2D eigenvalue weighted by Gasteiger charge is 2.21. The van der Waals surface area contributed by atoms with E-state index in [0.717, 1.165) is 19.4 Å². The van der Waals surface area contributed by atoms with Gasteiger partial charge in [-0.2, -0.15) is 0 Å². The van der Waals surface area contributed by atoms with Gasteiger partial charge in [0.05, 0.1) is 10.0 Å². The Balaban J connectivity index is 1.89. The number of nitrogens with one attached hydrogen (secondary N) is 1. The molecule has 0 aromatic carbocycles. The van der Waals surface area contributed by atoms with Gasteiger partial charge in [-0.05, 0) is 31.2 Å². The number of anilines is 1. The number of aromatic nitrogens is 1. The molecule has 1 aliphatic rings. The van der Waals surface area contributed by atoms with Crippen LogP contribution in [0.2, 0.25) is 10.0 Å². The maximum Gasteiger partial charge on any atom is 0.144 e. The molecule has 0 saturated heterocycles. The van der Waals surface area contributed by atoms with Crippen LogP contribution in [-0.2, 0) is 0 Å². The summed E-state index contributed by atoms with van der Waals surface area (Å²) in [6.07, 6.45) is 4.97. The molecule has 1 aliphatic carbocycles. The quantitative estimate of drug-likeness (QED) is 0.878. The summed E-state index contributed by atoms with van der Waals surface area (Å²) in [7, 11) is 0. The van der Waals surface area contributed by atoms with Crippen molar-refractivity contribution in [2.45, 2.75) is 25.3 Å². The first-order valence-corrected chi connectivity index (χ1v) is 6.21. The summed E-state index contributed by atoms with van der Waals surface area (Å²) in [6.45, 7) is 0.877. The molecule has 1 aromatic rings. The lowest BCUT2D eigenvalue weighted by molar-refractivity contribution is 0.565. The van der Waals surface area contributed by atoms with Crippen molar-refractivity contribution in [1.82, 2.24) is 4.98 Å². The van der Waals surface area contributed by atoms with E-state index >= 15 is 0 Å². The van der Waals surface area contributed by atoms with E-state index in [9.17, 15) is 0 Å². The molecule has 0 bridgehead atoms. The Bertz CT molecular complexity index is 370. The van der Waals surface area contributed by atoms with E-state index in [1.54, 1.807) is 12.3 Å². The topological polar surface area (TPSA) is 50.9 Å². The van der Waals surface area contributed by atoms with Crippen LogP contribution in [0.5, 0.6) is 0 Å². The van der Waals surface area contributed by atoms with Crippen molar-refractivity contribution in [3.05, 3.63) is 22.3 Å². The molecule has 3 N–H and O–H groups in total. The van der Waals surface area contributed by atoms with E-state index in [1.807, 2.05) is 0 Å². The van der Waals surface area contributed by atoms with E-state index in [0.29, 0.717) is 27.8 Å². The summed E-state index contributed by atoms with van der Waals surface area (Å²) in [4.78, 5) is 4.15. The molecule has 2 rings (SSSR count). The summed E-state index contributed by atoms with van der Waals surface area (Å²) >= 11 is 11.8. The number of hydrogen-bond donors (Lipinski definition) is 2. The van der Waals surface area contributed by atoms with Gasteiger partial charge in [0, 0.05) is 18.8 Å². The highest BCUT2D eigenvalue weighted by Crippen LogP contribution is 2.26. The monoisotopic (exact) mass is 259 g/mol. The number of nitrogens with zero attached hydrogens (tertiary/aromatic N) is 1. The molecule has 1 heterocycles. The van der Waals surface area contributed by atoms with Crippen molar-refractivity contribution >= 4 is 29.0 Å². The normalized spacial score (nSPS) is 24.7. The molecular weight excluding hydrogens is 245 g/mol. The summed E-state index contributed by atoms with van der Waals surface area (Å²) in [5.41, 5.74) is 5.86. The average Bonchev–Trinajstić information content (AvgIpc) is 2.63. The largest absolute Gasteiger partial charge is 0.369 e. The Labute approximate surface area is 105 Å². The van der Waals surface area contributed by atoms with E-state index in [-0.39, 0.29) is 0 Å². The van der Waals surface area contributed by atoms with Crippen LogP contribution in [0, 0.1) is 5.92 Å². The minimum absolute atomic E-state index is 0.362. The van der Waals surface area contributed by atoms with Gasteiger partial charge in [-0.1, -0.05) is 23.2 Å². The maximum atomic E-state index is 6.01. The van der Waals surface area contributed by atoms with Gasteiger partial charge in [-0.3, -0.25) is 0 Å². The predicted octanol–water partition coefficient (Wildman–Crippen LogP) is 2.93. The minimum Gasteiger partial charge on any atom is -0.369 e. The van der Waals surface area contributed by atoms with Crippen molar-refractivity contribution < 1.29 is 0 Å². The number of pyridine rings is 1. The van der Waals surface area contributed by atoms with Gasteiger partial charge in [0.15, 0.2) is 0 Å². The molecule has 0 aliphatic heterocycles. The van der Waals surface area contributed by atoms with Gasteiger partial charge in [0.1, 0.15) is 5.82 Å². The van der Waals surface area contributed by atoms with Crippen molar-refractivity contribution in [2.75, 3.05) is 11.9 Å². The van der Waals surface area contributed by atoms with E-state index < -0.39 is 0 Å². The van der Waals surface area contributed by atoms with E-state index in [2.05, 4.69) is 10.3 Å². The lowest BCUT2D eigenvalue weighted by atomic mass is 10.1. The third-order valence-corrected chi connectivity index (χ3v) is 3.44. The zero-order valence-corrected chi connectivity index (χ0v) is 10.4. The van der Waals surface area contributed by atoms with Gasteiger partial charge in [-0.25, -0.2) is 4.98 Å². The van der Waals surface area contributed by atoms with Crippen LogP contribution in [0.15, 0.2) is 12.3 Å². The fourth-order valence-electron chi connectivity index (χ4n) is 2.08. The van der Waals surface area contributed by atoms with Gasteiger partial charge in [-0.15, -0.1) is 0 Å². The Hall–Kier alpha value is -0.510. The summed E-state index contributed by atoms with van der Waals surface area (Å²) < 4.78 is 0. The molecule has 0 radical (unpaired) electrons. The second-order valence-electron chi connectivity index (χ2n) is 4.30. The van der Waals surface area contributed by atoms with Crippen LogP contribution >= 0.6 is 23.2 Å². The second kappa shape index (κ2) is 5.21. The second-order valence-corrected chi connectivity index (χ2v) is 5.15. The van der Waals surface area contributed by atoms with Crippen molar-refractivity contribution in [2.24, 2.45) is 11.7 Å². The molecule has 1 aromatic heterocycles. The van der Waals surface area contributed by atoms with Gasteiger partial charge >= 0.3 is 0 Å². The first-order valence-electron chi connectivity index (χ1n) is 5.45. The number of rotatable bonds is 3. The molecule has 88 valence electrons. The minimum atomic E-state index is 0.362. The summed E-state index contributed by atoms with van der Waals surface area (Å²) in [5, 5.41) is 4.36. The van der Waals surface area contributed by atoms with Crippen LogP contribution in [-0.4, -0.2) is 17.6 Å². The Morgan fingerprint density at radius 3 is 2.88 bits per heavy atom. The molecule has 0 spiro atoms. The number of halogens is 2. The fraction of sp³-hybridized carbons (Fsp3) is 0.545. The molecule has 5 heteroatoms. The lowest BCUT2D eigenvalue weighted by Crippen LogP contribution is -2.18. The van der Waals surface area contributed by atoms with Gasteiger partial charge in [0.25, 0.3) is 0 Å². The van der Waals surface area contributed by atoms with Crippen molar-refractivity contribution in [1.29, 1.82) is 0 Å². The molecule has 1 fully saturated rings. The zero-order valence-electron chi connectivity index (χ0n) is 8.92. The highest BCUT2D eigenvalue weighted by atomic mass is 35.5. The van der Waals surface area contributed by atoms with E-state index in [4.69, 9.17) is 28.9 Å². The Kier molecular flexibility index (Phi) is 3.90. The molecule has 16 heavy (non-hydrogen) atoms. The van der Waals surface area contributed by atoms with Crippen LogP contribution in [0.1, 0.15) is 19.3 Å². The smallest absolute Gasteiger partial charge is 0.144 e. The third-order valence-electron chi connectivity index (χ3n) is 2.95. The third kappa shape index (κ3) is 3.00. The molecular formula is C11H15Cl2N3. The average molecular weight is 260 g/mol. The lowest BCUT2D eigenvalue weighted by Gasteiger charge is -2.12. The van der Waals surface area contributed by atoms with Crippen molar-refractivity contribution in [3.8, 4) is 0 Å². The molecule has 2 atom stereocenters. The maximum absolute atomic E-state index is 6.01.